The van der Waals surface area contributed by atoms with Crippen LogP contribution < -0.4 is 10.1 Å². The van der Waals surface area contributed by atoms with Gasteiger partial charge in [-0.1, -0.05) is 18.3 Å². The fraction of sp³-hybridized carbons (Fsp3) is 0.308. The summed E-state index contributed by atoms with van der Waals surface area (Å²) in [5.74, 6) is 0.402. The van der Waals surface area contributed by atoms with Gasteiger partial charge < -0.3 is 10.1 Å². The molecular formula is C13H15FN2OS. The van der Waals surface area contributed by atoms with Crippen molar-refractivity contribution < 1.29 is 9.13 Å². The number of thiazole rings is 1. The Morgan fingerprint density at radius 1 is 1.33 bits per heavy atom. The van der Waals surface area contributed by atoms with E-state index in [1.54, 1.807) is 29.7 Å². The molecule has 0 atom stereocenters. The van der Waals surface area contributed by atoms with Crippen LogP contribution in [0.5, 0.6) is 5.75 Å². The molecule has 0 amide bonds. The zero-order valence-electron chi connectivity index (χ0n) is 10.1. The first-order chi connectivity index (χ1) is 8.78. The SMILES string of the molecule is CCCNc1ncc(COc2ccc(F)cc2)s1. The van der Waals surface area contributed by atoms with Crippen LogP contribution in [0.3, 0.4) is 0 Å². The van der Waals surface area contributed by atoms with E-state index in [-0.39, 0.29) is 5.82 Å². The van der Waals surface area contributed by atoms with E-state index in [2.05, 4.69) is 17.2 Å². The molecule has 0 aliphatic carbocycles. The maximum absolute atomic E-state index is 12.7. The number of aromatic nitrogens is 1. The molecule has 18 heavy (non-hydrogen) atoms. The fourth-order valence-electron chi connectivity index (χ4n) is 1.37. The minimum atomic E-state index is -0.258. The van der Waals surface area contributed by atoms with Crippen LogP contribution in [0.2, 0.25) is 0 Å². The summed E-state index contributed by atoms with van der Waals surface area (Å²) in [7, 11) is 0. The van der Waals surface area contributed by atoms with Gasteiger partial charge in [0.05, 0.1) is 4.88 Å². The molecule has 2 aromatic rings. The van der Waals surface area contributed by atoms with Crippen LogP contribution in [-0.4, -0.2) is 11.5 Å². The smallest absolute Gasteiger partial charge is 0.182 e. The highest BCUT2D eigenvalue weighted by Gasteiger charge is 2.02. The number of ether oxygens (including phenoxy) is 1. The molecule has 1 heterocycles. The molecule has 96 valence electrons. The van der Waals surface area contributed by atoms with Gasteiger partial charge in [-0.05, 0) is 30.7 Å². The van der Waals surface area contributed by atoms with Gasteiger partial charge >= 0.3 is 0 Å². The molecule has 3 nitrogen and oxygen atoms in total. The molecule has 0 bridgehead atoms. The molecule has 1 aromatic carbocycles. The zero-order valence-corrected chi connectivity index (χ0v) is 11.0. The Morgan fingerprint density at radius 3 is 2.83 bits per heavy atom. The predicted octanol–water partition coefficient (Wildman–Crippen LogP) is 3.68. The van der Waals surface area contributed by atoms with E-state index in [1.165, 1.54) is 12.1 Å². The Hall–Kier alpha value is -1.62. The number of nitrogens with one attached hydrogen (secondary N) is 1. The van der Waals surface area contributed by atoms with Gasteiger partial charge in [-0.15, -0.1) is 0 Å². The first kappa shape index (κ1) is 12.8. The average molecular weight is 266 g/mol. The lowest BCUT2D eigenvalue weighted by Gasteiger charge is -2.03. The second-order valence-corrected chi connectivity index (χ2v) is 4.92. The quantitative estimate of drug-likeness (QED) is 0.866. The van der Waals surface area contributed by atoms with Gasteiger partial charge in [0.15, 0.2) is 5.13 Å². The van der Waals surface area contributed by atoms with E-state index in [4.69, 9.17) is 4.74 Å². The molecule has 5 heteroatoms. The summed E-state index contributed by atoms with van der Waals surface area (Å²) < 4.78 is 18.2. The van der Waals surface area contributed by atoms with Gasteiger partial charge in [0, 0.05) is 12.7 Å². The third kappa shape index (κ3) is 3.70. The molecule has 2 rings (SSSR count). The Labute approximate surface area is 110 Å². The van der Waals surface area contributed by atoms with E-state index >= 15 is 0 Å². The summed E-state index contributed by atoms with van der Waals surface area (Å²) in [5.41, 5.74) is 0. The molecule has 0 radical (unpaired) electrons. The summed E-state index contributed by atoms with van der Waals surface area (Å²) in [6.45, 7) is 3.49. The lowest BCUT2D eigenvalue weighted by molar-refractivity contribution is 0.309. The van der Waals surface area contributed by atoms with Crippen molar-refractivity contribution in [3.63, 3.8) is 0 Å². The van der Waals surface area contributed by atoms with Crippen molar-refractivity contribution in [1.29, 1.82) is 0 Å². The molecule has 0 aliphatic rings. The number of benzene rings is 1. The average Bonchev–Trinajstić information content (AvgIpc) is 2.84. The maximum Gasteiger partial charge on any atom is 0.182 e. The predicted molar refractivity (Wildman–Crippen MR) is 71.6 cm³/mol. The number of hydrogen-bond donors (Lipinski definition) is 1. The lowest BCUT2D eigenvalue weighted by atomic mass is 10.3. The summed E-state index contributed by atoms with van der Waals surface area (Å²) >= 11 is 1.57. The van der Waals surface area contributed by atoms with Crippen LogP contribution in [-0.2, 0) is 6.61 Å². The lowest BCUT2D eigenvalue weighted by Crippen LogP contribution is -1.97. The van der Waals surface area contributed by atoms with Gasteiger partial charge in [-0.25, -0.2) is 9.37 Å². The standard InChI is InChI=1S/C13H15FN2OS/c1-2-7-15-13-16-8-12(18-13)9-17-11-5-3-10(14)4-6-11/h3-6,8H,2,7,9H2,1H3,(H,15,16). The van der Waals surface area contributed by atoms with Crippen LogP contribution in [0.25, 0.3) is 0 Å². The summed E-state index contributed by atoms with van der Waals surface area (Å²) in [4.78, 5) is 5.29. The first-order valence-corrected chi connectivity index (χ1v) is 6.66. The largest absolute Gasteiger partial charge is 0.488 e. The van der Waals surface area contributed by atoms with Crippen molar-refractivity contribution in [3.8, 4) is 5.75 Å². The maximum atomic E-state index is 12.7. The molecule has 1 aromatic heterocycles. The summed E-state index contributed by atoms with van der Waals surface area (Å²) in [6.07, 6.45) is 2.87. The molecule has 0 spiro atoms. The van der Waals surface area contributed by atoms with Crippen LogP contribution in [0, 0.1) is 5.82 Å². The van der Waals surface area contributed by atoms with Crippen LogP contribution in [0.1, 0.15) is 18.2 Å². The number of anilines is 1. The zero-order chi connectivity index (χ0) is 12.8. The highest BCUT2D eigenvalue weighted by atomic mass is 32.1. The van der Waals surface area contributed by atoms with Crippen molar-refractivity contribution in [1.82, 2.24) is 4.98 Å². The Kier molecular flexibility index (Phi) is 4.52. The van der Waals surface area contributed by atoms with Crippen molar-refractivity contribution in [2.45, 2.75) is 20.0 Å². The van der Waals surface area contributed by atoms with Crippen molar-refractivity contribution in [3.05, 3.63) is 41.2 Å². The minimum absolute atomic E-state index is 0.258. The van der Waals surface area contributed by atoms with Gasteiger partial charge in [-0.3, -0.25) is 0 Å². The van der Waals surface area contributed by atoms with Gasteiger partial charge in [-0.2, -0.15) is 0 Å². The van der Waals surface area contributed by atoms with Gasteiger partial charge in [0.2, 0.25) is 0 Å². The first-order valence-electron chi connectivity index (χ1n) is 5.85. The molecule has 0 saturated heterocycles. The normalized spacial score (nSPS) is 10.3. The highest BCUT2D eigenvalue weighted by Crippen LogP contribution is 2.20. The number of hydrogen-bond acceptors (Lipinski definition) is 4. The van der Waals surface area contributed by atoms with Crippen LogP contribution in [0.4, 0.5) is 9.52 Å². The second kappa shape index (κ2) is 6.35. The van der Waals surface area contributed by atoms with E-state index in [0.717, 1.165) is 23.0 Å². The highest BCUT2D eigenvalue weighted by molar-refractivity contribution is 7.15. The van der Waals surface area contributed by atoms with Crippen LogP contribution in [0.15, 0.2) is 30.5 Å². The van der Waals surface area contributed by atoms with E-state index in [0.29, 0.717) is 12.4 Å². The van der Waals surface area contributed by atoms with Crippen LogP contribution >= 0.6 is 11.3 Å². The Balaban J connectivity index is 1.86. The van der Waals surface area contributed by atoms with Crippen molar-refractivity contribution in [2.75, 3.05) is 11.9 Å². The molecular weight excluding hydrogens is 251 g/mol. The molecule has 0 saturated carbocycles. The van der Waals surface area contributed by atoms with E-state index < -0.39 is 0 Å². The second-order valence-electron chi connectivity index (χ2n) is 3.80. The third-order valence-electron chi connectivity index (χ3n) is 2.27. The molecule has 1 N–H and O–H groups in total. The number of rotatable bonds is 6. The fourth-order valence-corrected chi connectivity index (χ4v) is 2.12. The van der Waals surface area contributed by atoms with Gasteiger partial charge in [0.25, 0.3) is 0 Å². The van der Waals surface area contributed by atoms with Gasteiger partial charge in [0.1, 0.15) is 18.2 Å². The Morgan fingerprint density at radius 2 is 2.11 bits per heavy atom. The molecule has 0 unspecified atom stereocenters. The molecule has 0 aliphatic heterocycles. The van der Waals surface area contributed by atoms with E-state index in [9.17, 15) is 4.39 Å². The minimum Gasteiger partial charge on any atom is -0.488 e. The number of nitrogens with zero attached hydrogens (tertiary/aromatic N) is 1. The summed E-state index contributed by atoms with van der Waals surface area (Å²) in [5, 5.41) is 4.13. The number of halogens is 1. The third-order valence-corrected chi connectivity index (χ3v) is 3.20. The van der Waals surface area contributed by atoms with Crippen molar-refractivity contribution in [2.24, 2.45) is 0 Å². The Bertz CT molecular complexity index is 484. The summed E-state index contributed by atoms with van der Waals surface area (Å²) in [6, 6.07) is 6.01. The van der Waals surface area contributed by atoms with E-state index in [1.807, 2.05) is 0 Å². The molecule has 0 fully saturated rings. The monoisotopic (exact) mass is 266 g/mol. The topological polar surface area (TPSA) is 34.2 Å². The van der Waals surface area contributed by atoms with Crippen molar-refractivity contribution >= 4 is 16.5 Å².